The van der Waals surface area contributed by atoms with Gasteiger partial charge in [0, 0.05) is 24.5 Å². The molecule has 1 fully saturated rings. The molecule has 3 aromatic rings. The predicted molar refractivity (Wildman–Crippen MR) is 107 cm³/mol. The lowest BCUT2D eigenvalue weighted by atomic mass is 10.2. The van der Waals surface area contributed by atoms with E-state index < -0.39 is 0 Å². The van der Waals surface area contributed by atoms with Gasteiger partial charge in [-0.25, -0.2) is 9.97 Å². The molecule has 4 rings (SSSR count). The van der Waals surface area contributed by atoms with Crippen LogP contribution in [0.2, 0.25) is 0 Å². The van der Waals surface area contributed by atoms with Crippen molar-refractivity contribution in [1.82, 2.24) is 14.9 Å². The summed E-state index contributed by atoms with van der Waals surface area (Å²) in [6.07, 6.45) is 0. The molecule has 0 amide bonds. The van der Waals surface area contributed by atoms with E-state index in [2.05, 4.69) is 48.3 Å². The Hall–Kier alpha value is -2.02. The smallest absolute Gasteiger partial charge is 0.146 e. The molecule has 3 heterocycles. The quantitative estimate of drug-likeness (QED) is 0.743. The van der Waals surface area contributed by atoms with Gasteiger partial charge in [-0.05, 0) is 25.0 Å². The summed E-state index contributed by atoms with van der Waals surface area (Å²) >= 11 is 1.76. The van der Waals surface area contributed by atoms with Gasteiger partial charge in [0.05, 0.1) is 25.1 Å². The molecule has 2 aromatic heterocycles. The SMILES string of the molecule is Cc1sc2nc(CN3CCOCC3)nc(NCc3ccccc3)c2c1C. The molecule has 1 N–H and O–H groups in total. The summed E-state index contributed by atoms with van der Waals surface area (Å²) in [7, 11) is 0. The summed E-state index contributed by atoms with van der Waals surface area (Å²) in [4.78, 5) is 14.5. The summed E-state index contributed by atoms with van der Waals surface area (Å²) in [6, 6.07) is 10.4. The highest BCUT2D eigenvalue weighted by molar-refractivity contribution is 7.18. The zero-order chi connectivity index (χ0) is 17.9. The Labute approximate surface area is 158 Å². The second-order valence-corrected chi connectivity index (χ2v) is 7.88. The normalized spacial score (nSPS) is 15.5. The number of aryl methyl sites for hydroxylation is 2. The molecule has 5 nitrogen and oxygen atoms in total. The lowest BCUT2D eigenvalue weighted by molar-refractivity contribution is 0.0331. The van der Waals surface area contributed by atoms with E-state index in [0.717, 1.165) is 61.3 Å². The highest BCUT2D eigenvalue weighted by Crippen LogP contribution is 2.33. The number of fused-ring (bicyclic) bond motifs is 1. The summed E-state index contributed by atoms with van der Waals surface area (Å²) in [6.45, 7) is 9.31. The maximum atomic E-state index is 5.45. The van der Waals surface area contributed by atoms with Gasteiger partial charge in [0.15, 0.2) is 0 Å². The topological polar surface area (TPSA) is 50.3 Å². The van der Waals surface area contributed by atoms with Crippen LogP contribution in [-0.4, -0.2) is 41.2 Å². The van der Waals surface area contributed by atoms with Crippen LogP contribution in [-0.2, 0) is 17.8 Å². The first-order valence-corrected chi connectivity index (χ1v) is 9.87. The lowest BCUT2D eigenvalue weighted by Crippen LogP contribution is -2.36. The third-order valence-electron chi connectivity index (χ3n) is 4.85. The van der Waals surface area contributed by atoms with Gasteiger partial charge in [-0.1, -0.05) is 30.3 Å². The first-order valence-electron chi connectivity index (χ1n) is 9.05. The van der Waals surface area contributed by atoms with Crippen LogP contribution in [0.3, 0.4) is 0 Å². The van der Waals surface area contributed by atoms with Crippen LogP contribution in [0.5, 0.6) is 0 Å². The monoisotopic (exact) mass is 368 g/mol. The number of ether oxygens (including phenoxy) is 1. The van der Waals surface area contributed by atoms with Gasteiger partial charge in [-0.3, -0.25) is 4.90 Å². The minimum atomic E-state index is 0.762. The fourth-order valence-corrected chi connectivity index (χ4v) is 4.28. The van der Waals surface area contributed by atoms with Gasteiger partial charge in [0.2, 0.25) is 0 Å². The number of benzene rings is 1. The molecule has 1 aliphatic rings. The molecule has 0 atom stereocenters. The fourth-order valence-electron chi connectivity index (χ4n) is 3.23. The van der Waals surface area contributed by atoms with Crippen molar-refractivity contribution < 1.29 is 4.74 Å². The molecule has 136 valence electrons. The van der Waals surface area contributed by atoms with Gasteiger partial charge >= 0.3 is 0 Å². The molecular weight excluding hydrogens is 344 g/mol. The Morgan fingerprint density at radius 3 is 2.65 bits per heavy atom. The summed E-state index contributed by atoms with van der Waals surface area (Å²) in [5.41, 5.74) is 2.53. The van der Waals surface area contributed by atoms with Crippen molar-refractivity contribution in [2.45, 2.75) is 26.9 Å². The minimum Gasteiger partial charge on any atom is -0.379 e. The summed E-state index contributed by atoms with van der Waals surface area (Å²) in [5, 5.41) is 4.71. The van der Waals surface area contributed by atoms with Crippen molar-refractivity contribution in [2.24, 2.45) is 0 Å². The molecule has 0 saturated carbocycles. The largest absolute Gasteiger partial charge is 0.379 e. The lowest BCUT2D eigenvalue weighted by Gasteiger charge is -2.25. The second kappa shape index (κ2) is 7.70. The third-order valence-corrected chi connectivity index (χ3v) is 5.95. The number of nitrogens with zero attached hydrogens (tertiary/aromatic N) is 3. The summed E-state index contributed by atoms with van der Waals surface area (Å²) in [5.74, 6) is 1.83. The highest BCUT2D eigenvalue weighted by atomic mass is 32.1. The fraction of sp³-hybridized carbons (Fsp3) is 0.400. The number of anilines is 1. The van der Waals surface area contributed by atoms with E-state index in [0.29, 0.717) is 0 Å². The van der Waals surface area contributed by atoms with Crippen molar-refractivity contribution in [3.8, 4) is 0 Å². The molecule has 1 saturated heterocycles. The van der Waals surface area contributed by atoms with Crippen LogP contribution in [0.1, 0.15) is 21.8 Å². The van der Waals surface area contributed by atoms with Crippen molar-refractivity contribution in [3.05, 3.63) is 52.2 Å². The molecule has 6 heteroatoms. The Bertz CT molecular complexity index is 888. The van der Waals surface area contributed by atoms with Crippen LogP contribution in [0, 0.1) is 13.8 Å². The van der Waals surface area contributed by atoms with E-state index in [-0.39, 0.29) is 0 Å². The van der Waals surface area contributed by atoms with Gasteiger partial charge in [-0.2, -0.15) is 0 Å². The van der Waals surface area contributed by atoms with Crippen molar-refractivity contribution in [2.75, 3.05) is 31.6 Å². The Balaban J connectivity index is 1.64. The molecule has 0 unspecified atom stereocenters. The first kappa shape index (κ1) is 17.4. The van der Waals surface area contributed by atoms with Crippen LogP contribution in [0.25, 0.3) is 10.2 Å². The number of aromatic nitrogens is 2. The zero-order valence-electron chi connectivity index (χ0n) is 15.3. The van der Waals surface area contributed by atoms with Crippen LogP contribution >= 0.6 is 11.3 Å². The Kier molecular flexibility index (Phi) is 5.15. The van der Waals surface area contributed by atoms with E-state index in [4.69, 9.17) is 14.7 Å². The number of rotatable bonds is 5. The average Bonchev–Trinajstić information content (AvgIpc) is 2.95. The van der Waals surface area contributed by atoms with E-state index in [1.54, 1.807) is 11.3 Å². The molecule has 1 aromatic carbocycles. The highest BCUT2D eigenvalue weighted by Gasteiger charge is 2.17. The number of hydrogen-bond donors (Lipinski definition) is 1. The standard InChI is InChI=1S/C20H24N4OS/c1-14-15(2)26-20-18(14)19(21-12-16-6-4-3-5-7-16)22-17(23-20)13-24-8-10-25-11-9-24/h3-7H,8-13H2,1-2H3,(H,21,22,23). The zero-order valence-corrected chi connectivity index (χ0v) is 16.1. The van der Waals surface area contributed by atoms with Gasteiger partial charge in [-0.15, -0.1) is 11.3 Å². The Morgan fingerprint density at radius 2 is 1.88 bits per heavy atom. The molecule has 1 aliphatic heterocycles. The Morgan fingerprint density at radius 1 is 1.12 bits per heavy atom. The van der Waals surface area contributed by atoms with Crippen LogP contribution < -0.4 is 5.32 Å². The predicted octanol–water partition coefficient (Wildman–Crippen LogP) is 3.75. The van der Waals surface area contributed by atoms with Gasteiger partial charge in [0.25, 0.3) is 0 Å². The van der Waals surface area contributed by atoms with Crippen LogP contribution in [0.4, 0.5) is 5.82 Å². The molecule has 0 aliphatic carbocycles. The number of thiophene rings is 1. The number of nitrogens with one attached hydrogen (secondary N) is 1. The third kappa shape index (κ3) is 3.72. The maximum absolute atomic E-state index is 5.45. The van der Waals surface area contributed by atoms with Crippen LogP contribution in [0.15, 0.2) is 30.3 Å². The van der Waals surface area contributed by atoms with Crippen molar-refractivity contribution >= 4 is 27.4 Å². The number of morpholine rings is 1. The molecular formula is C20H24N4OS. The average molecular weight is 369 g/mol. The van der Waals surface area contributed by atoms with E-state index in [1.165, 1.54) is 16.0 Å². The maximum Gasteiger partial charge on any atom is 0.146 e. The second-order valence-electron chi connectivity index (χ2n) is 6.68. The van der Waals surface area contributed by atoms with Crippen molar-refractivity contribution in [3.63, 3.8) is 0 Å². The van der Waals surface area contributed by atoms with E-state index in [9.17, 15) is 0 Å². The summed E-state index contributed by atoms with van der Waals surface area (Å²) < 4.78 is 5.45. The van der Waals surface area contributed by atoms with Gasteiger partial charge < -0.3 is 10.1 Å². The molecule has 0 bridgehead atoms. The van der Waals surface area contributed by atoms with Crippen molar-refractivity contribution in [1.29, 1.82) is 0 Å². The minimum absolute atomic E-state index is 0.762. The molecule has 26 heavy (non-hydrogen) atoms. The first-order chi connectivity index (χ1) is 12.7. The molecule has 0 spiro atoms. The molecule has 0 radical (unpaired) electrons. The number of hydrogen-bond acceptors (Lipinski definition) is 6. The van der Waals surface area contributed by atoms with E-state index >= 15 is 0 Å². The van der Waals surface area contributed by atoms with E-state index in [1.807, 2.05) is 6.07 Å². The van der Waals surface area contributed by atoms with Gasteiger partial charge in [0.1, 0.15) is 16.5 Å².